The minimum atomic E-state index is -0.231. The molecule has 0 aliphatic carbocycles. The molecule has 0 atom stereocenters. The van der Waals surface area contributed by atoms with E-state index in [0.29, 0.717) is 12.2 Å². The highest BCUT2D eigenvalue weighted by Crippen LogP contribution is 2.13. The summed E-state index contributed by atoms with van der Waals surface area (Å²) in [6.45, 7) is 1.99. The second-order valence-corrected chi connectivity index (χ2v) is 5.04. The third-order valence-corrected chi connectivity index (χ3v) is 3.34. The van der Waals surface area contributed by atoms with Crippen molar-refractivity contribution in [1.82, 2.24) is 14.8 Å². The van der Waals surface area contributed by atoms with E-state index in [0.717, 1.165) is 22.5 Å². The predicted octanol–water partition coefficient (Wildman–Crippen LogP) is 2.04. The summed E-state index contributed by atoms with van der Waals surface area (Å²) in [6, 6.07) is 15.4. The molecule has 1 heterocycles. The number of aryl methyl sites for hydroxylation is 1. The van der Waals surface area contributed by atoms with E-state index in [9.17, 15) is 4.79 Å². The molecule has 106 valence electrons. The minimum Gasteiger partial charge on any atom is -0.399 e. The van der Waals surface area contributed by atoms with E-state index >= 15 is 0 Å². The van der Waals surface area contributed by atoms with Crippen LogP contribution in [0.2, 0.25) is 0 Å². The van der Waals surface area contributed by atoms with Crippen LogP contribution in [0.4, 0.5) is 5.69 Å². The third kappa shape index (κ3) is 2.72. The summed E-state index contributed by atoms with van der Waals surface area (Å²) in [7, 11) is 0. The molecule has 21 heavy (non-hydrogen) atoms. The molecule has 0 aliphatic heterocycles. The molecular weight excluding hydrogens is 264 g/mol. The van der Waals surface area contributed by atoms with E-state index in [4.69, 9.17) is 5.73 Å². The molecule has 0 aliphatic rings. The number of nitrogens with zero attached hydrogens (tertiary/aromatic N) is 2. The molecule has 0 saturated heterocycles. The highest BCUT2D eigenvalue weighted by atomic mass is 16.1. The Bertz CT molecular complexity index is 815. The summed E-state index contributed by atoms with van der Waals surface area (Å²) in [5.41, 5.74) is 9.14. The fraction of sp³-hybridized carbons (Fsp3) is 0.125. The predicted molar refractivity (Wildman–Crippen MR) is 82.6 cm³/mol. The normalized spacial score (nSPS) is 10.7. The van der Waals surface area contributed by atoms with Crippen molar-refractivity contribution in [2.75, 3.05) is 5.73 Å². The van der Waals surface area contributed by atoms with Crippen LogP contribution in [0, 0.1) is 6.92 Å². The van der Waals surface area contributed by atoms with Crippen LogP contribution in [0.25, 0.3) is 5.69 Å². The van der Waals surface area contributed by atoms with Crippen LogP contribution in [-0.2, 0) is 6.42 Å². The Morgan fingerprint density at radius 3 is 2.67 bits per heavy atom. The van der Waals surface area contributed by atoms with Gasteiger partial charge in [0.05, 0.1) is 5.69 Å². The van der Waals surface area contributed by atoms with Gasteiger partial charge in [-0.15, -0.1) is 0 Å². The number of benzene rings is 2. The number of anilines is 1. The van der Waals surface area contributed by atoms with Gasteiger partial charge in [0, 0.05) is 12.1 Å². The first kappa shape index (κ1) is 13.2. The Kier molecular flexibility index (Phi) is 3.31. The molecule has 0 saturated carbocycles. The van der Waals surface area contributed by atoms with Crippen LogP contribution in [0.1, 0.15) is 17.0 Å². The zero-order valence-electron chi connectivity index (χ0n) is 11.7. The second-order valence-electron chi connectivity index (χ2n) is 5.04. The number of hydrogen-bond acceptors (Lipinski definition) is 3. The SMILES string of the molecule is Cc1cccc(-n2c(Cc3ccc(N)cc3)n[nH]c2=O)c1. The van der Waals surface area contributed by atoms with Crippen molar-refractivity contribution >= 4 is 5.69 Å². The molecular formula is C16H16N4O. The Morgan fingerprint density at radius 1 is 1.19 bits per heavy atom. The smallest absolute Gasteiger partial charge is 0.347 e. The number of aromatic amines is 1. The topological polar surface area (TPSA) is 76.7 Å². The molecule has 0 bridgehead atoms. The summed E-state index contributed by atoms with van der Waals surface area (Å²) >= 11 is 0. The maximum absolute atomic E-state index is 12.0. The Labute approximate surface area is 122 Å². The summed E-state index contributed by atoms with van der Waals surface area (Å²) < 4.78 is 1.60. The van der Waals surface area contributed by atoms with Crippen LogP contribution in [0.15, 0.2) is 53.3 Å². The number of H-pyrrole nitrogens is 1. The van der Waals surface area contributed by atoms with Gasteiger partial charge in [-0.3, -0.25) is 0 Å². The average Bonchev–Trinajstić information content (AvgIpc) is 2.82. The van der Waals surface area contributed by atoms with Gasteiger partial charge in [-0.1, -0.05) is 24.3 Å². The summed E-state index contributed by atoms with van der Waals surface area (Å²) in [5.74, 6) is 0.676. The van der Waals surface area contributed by atoms with Gasteiger partial charge in [0.2, 0.25) is 0 Å². The zero-order chi connectivity index (χ0) is 14.8. The molecule has 5 heteroatoms. The first-order valence-electron chi connectivity index (χ1n) is 6.71. The van der Waals surface area contributed by atoms with Crippen molar-refractivity contribution in [3.05, 3.63) is 76.0 Å². The van der Waals surface area contributed by atoms with Gasteiger partial charge < -0.3 is 5.73 Å². The van der Waals surface area contributed by atoms with Crippen molar-refractivity contribution in [3.8, 4) is 5.69 Å². The number of nitrogen functional groups attached to an aromatic ring is 1. The van der Waals surface area contributed by atoms with E-state index in [1.807, 2.05) is 55.5 Å². The van der Waals surface area contributed by atoms with Gasteiger partial charge in [0.25, 0.3) is 0 Å². The lowest BCUT2D eigenvalue weighted by Gasteiger charge is -2.07. The monoisotopic (exact) mass is 280 g/mol. The van der Waals surface area contributed by atoms with Crippen LogP contribution >= 0.6 is 0 Å². The molecule has 0 spiro atoms. The largest absolute Gasteiger partial charge is 0.399 e. The maximum Gasteiger partial charge on any atom is 0.347 e. The first-order chi connectivity index (χ1) is 10.1. The fourth-order valence-corrected chi connectivity index (χ4v) is 2.30. The molecule has 5 nitrogen and oxygen atoms in total. The number of rotatable bonds is 3. The second kappa shape index (κ2) is 5.28. The van der Waals surface area contributed by atoms with Gasteiger partial charge >= 0.3 is 5.69 Å². The van der Waals surface area contributed by atoms with Crippen molar-refractivity contribution in [3.63, 3.8) is 0 Å². The summed E-state index contributed by atoms with van der Waals surface area (Å²) in [5, 5.41) is 6.65. The molecule has 0 radical (unpaired) electrons. The average molecular weight is 280 g/mol. The molecule has 2 aromatic carbocycles. The number of nitrogens with one attached hydrogen (secondary N) is 1. The zero-order valence-corrected chi connectivity index (χ0v) is 11.7. The van der Waals surface area contributed by atoms with Crippen molar-refractivity contribution in [1.29, 1.82) is 0 Å². The Morgan fingerprint density at radius 2 is 1.95 bits per heavy atom. The molecule has 0 amide bonds. The molecule has 3 rings (SSSR count). The maximum atomic E-state index is 12.0. The van der Waals surface area contributed by atoms with E-state index in [1.54, 1.807) is 4.57 Å². The number of nitrogens with two attached hydrogens (primary N) is 1. The first-order valence-corrected chi connectivity index (χ1v) is 6.71. The molecule has 0 unspecified atom stereocenters. The van der Waals surface area contributed by atoms with Crippen LogP contribution in [-0.4, -0.2) is 14.8 Å². The molecule has 3 aromatic rings. The highest BCUT2D eigenvalue weighted by molar-refractivity contribution is 5.41. The van der Waals surface area contributed by atoms with Crippen molar-refractivity contribution in [2.45, 2.75) is 13.3 Å². The van der Waals surface area contributed by atoms with Gasteiger partial charge in [-0.25, -0.2) is 14.5 Å². The van der Waals surface area contributed by atoms with Crippen LogP contribution in [0.5, 0.6) is 0 Å². The number of hydrogen-bond donors (Lipinski definition) is 2. The van der Waals surface area contributed by atoms with Crippen LogP contribution < -0.4 is 11.4 Å². The highest BCUT2D eigenvalue weighted by Gasteiger charge is 2.11. The fourth-order valence-electron chi connectivity index (χ4n) is 2.30. The van der Waals surface area contributed by atoms with E-state index in [2.05, 4.69) is 10.2 Å². The third-order valence-electron chi connectivity index (χ3n) is 3.34. The molecule has 3 N–H and O–H groups in total. The van der Waals surface area contributed by atoms with Crippen LogP contribution in [0.3, 0.4) is 0 Å². The Hall–Kier alpha value is -2.82. The lowest BCUT2D eigenvalue weighted by molar-refractivity contribution is 0.892. The number of aromatic nitrogens is 3. The molecule has 1 aromatic heterocycles. The van der Waals surface area contributed by atoms with E-state index < -0.39 is 0 Å². The van der Waals surface area contributed by atoms with Gasteiger partial charge in [0.1, 0.15) is 5.82 Å². The van der Waals surface area contributed by atoms with Crippen molar-refractivity contribution in [2.24, 2.45) is 0 Å². The van der Waals surface area contributed by atoms with Gasteiger partial charge in [0.15, 0.2) is 0 Å². The summed E-state index contributed by atoms with van der Waals surface area (Å²) in [4.78, 5) is 12.0. The van der Waals surface area contributed by atoms with E-state index in [-0.39, 0.29) is 5.69 Å². The lowest BCUT2D eigenvalue weighted by Crippen LogP contribution is -2.17. The van der Waals surface area contributed by atoms with Gasteiger partial charge in [-0.05, 0) is 42.3 Å². The molecule has 0 fully saturated rings. The van der Waals surface area contributed by atoms with Crippen molar-refractivity contribution < 1.29 is 0 Å². The quantitative estimate of drug-likeness (QED) is 0.721. The lowest BCUT2D eigenvalue weighted by atomic mass is 10.1. The van der Waals surface area contributed by atoms with E-state index in [1.165, 1.54) is 0 Å². The summed E-state index contributed by atoms with van der Waals surface area (Å²) in [6.07, 6.45) is 0.562. The Balaban J connectivity index is 2.01. The standard InChI is InChI=1S/C16H16N4O/c1-11-3-2-4-14(9-11)20-15(18-19-16(20)21)10-12-5-7-13(17)8-6-12/h2-9H,10,17H2,1H3,(H,19,21). The van der Waals surface area contributed by atoms with Gasteiger partial charge in [-0.2, -0.15) is 5.10 Å². The minimum absolute atomic E-state index is 0.231.